The van der Waals surface area contributed by atoms with Gasteiger partial charge >= 0.3 is 0 Å². The molecule has 22 heavy (non-hydrogen) atoms. The molecule has 1 saturated heterocycles. The van der Waals surface area contributed by atoms with E-state index in [0.29, 0.717) is 11.5 Å². The Hall–Kier alpha value is -1.46. The number of aliphatic hydroxyl groups is 1. The van der Waals surface area contributed by atoms with Crippen LogP contribution in [0.1, 0.15) is 43.7 Å². The van der Waals surface area contributed by atoms with Crippen LogP contribution in [0.4, 0.5) is 0 Å². The highest BCUT2D eigenvalue weighted by atomic mass is 16.5. The van der Waals surface area contributed by atoms with Gasteiger partial charge in [-0.2, -0.15) is 0 Å². The summed E-state index contributed by atoms with van der Waals surface area (Å²) in [5, 5.41) is 24.6. The van der Waals surface area contributed by atoms with Gasteiger partial charge in [0.2, 0.25) is 5.75 Å². The Bertz CT molecular complexity index is 518. The van der Waals surface area contributed by atoms with Crippen LogP contribution in [0.5, 0.6) is 17.2 Å². The highest BCUT2D eigenvalue weighted by Crippen LogP contribution is 2.48. The topological polar surface area (TPSA) is 71.0 Å². The first kappa shape index (κ1) is 15.4. The number of rotatable bonds is 3. The Morgan fingerprint density at radius 1 is 1.14 bits per heavy atom. The highest BCUT2D eigenvalue weighted by Gasteiger charge is 2.46. The van der Waals surface area contributed by atoms with E-state index < -0.39 is 5.60 Å². The van der Waals surface area contributed by atoms with Gasteiger partial charge < -0.3 is 25.0 Å². The van der Waals surface area contributed by atoms with E-state index >= 15 is 0 Å². The summed E-state index contributed by atoms with van der Waals surface area (Å²) in [5.74, 6) is 1.01. The Labute approximate surface area is 131 Å². The lowest BCUT2D eigenvalue weighted by Crippen LogP contribution is -2.53. The van der Waals surface area contributed by atoms with Crippen molar-refractivity contribution in [2.75, 3.05) is 20.8 Å². The number of fused-ring (bicyclic) bond motifs is 1. The van der Waals surface area contributed by atoms with E-state index in [9.17, 15) is 10.2 Å². The molecule has 5 nitrogen and oxygen atoms in total. The van der Waals surface area contributed by atoms with Crippen LogP contribution in [0.15, 0.2) is 12.1 Å². The smallest absolute Gasteiger partial charge is 0.200 e. The molecule has 2 aliphatic rings. The SMILES string of the molecule is COc1cc([C@H]2NCC[C@@]3(O)CCCC[C@H]23)cc(OC)c1O. The molecule has 3 atom stereocenters. The standard InChI is InChI=1S/C17H25NO4/c1-21-13-9-11(10-14(22-2)16(13)19)15-12-5-3-4-6-17(12,20)7-8-18-15/h9-10,12,15,18-20H,3-8H2,1-2H3/t12-,15-,17+/m1/s1. The Morgan fingerprint density at radius 3 is 2.45 bits per heavy atom. The lowest BCUT2D eigenvalue weighted by atomic mass is 9.67. The van der Waals surface area contributed by atoms with Gasteiger partial charge in [0.1, 0.15) is 0 Å². The predicted molar refractivity (Wildman–Crippen MR) is 83.5 cm³/mol. The summed E-state index contributed by atoms with van der Waals surface area (Å²) in [5.41, 5.74) is 0.420. The number of piperidine rings is 1. The van der Waals surface area contributed by atoms with Crippen LogP contribution >= 0.6 is 0 Å². The number of hydrogen-bond donors (Lipinski definition) is 3. The summed E-state index contributed by atoms with van der Waals surface area (Å²) < 4.78 is 10.5. The van der Waals surface area contributed by atoms with E-state index in [2.05, 4.69) is 5.32 Å². The Balaban J connectivity index is 1.98. The number of nitrogens with one attached hydrogen (secondary N) is 1. The fraction of sp³-hybridized carbons (Fsp3) is 0.647. The van der Waals surface area contributed by atoms with Crippen LogP contribution in [0, 0.1) is 5.92 Å². The van der Waals surface area contributed by atoms with Crippen LogP contribution in [0.25, 0.3) is 0 Å². The summed E-state index contributed by atoms with van der Waals surface area (Å²) in [7, 11) is 3.06. The van der Waals surface area contributed by atoms with Crippen LogP contribution in [0.3, 0.4) is 0 Å². The third-order valence-corrected chi connectivity index (χ3v) is 5.25. The molecular weight excluding hydrogens is 282 g/mol. The number of benzene rings is 1. The number of aromatic hydroxyl groups is 1. The zero-order valence-electron chi connectivity index (χ0n) is 13.3. The minimum Gasteiger partial charge on any atom is -0.502 e. The van der Waals surface area contributed by atoms with Gasteiger partial charge in [0.05, 0.1) is 19.8 Å². The summed E-state index contributed by atoms with van der Waals surface area (Å²) >= 11 is 0. The third-order valence-electron chi connectivity index (χ3n) is 5.25. The molecule has 3 rings (SSSR count). The molecule has 0 spiro atoms. The van der Waals surface area contributed by atoms with Crippen molar-refractivity contribution >= 4 is 0 Å². The zero-order chi connectivity index (χ0) is 15.7. The highest BCUT2D eigenvalue weighted by molar-refractivity contribution is 5.53. The van der Waals surface area contributed by atoms with Crippen molar-refractivity contribution in [2.24, 2.45) is 5.92 Å². The molecule has 3 N–H and O–H groups in total. The van der Waals surface area contributed by atoms with E-state index in [0.717, 1.165) is 44.2 Å². The molecule has 122 valence electrons. The van der Waals surface area contributed by atoms with E-state index in [-0.39, 0.29) is 17.7 Å². The summed E-state index contributed by atoms with van der Waals surface area (Å²) in [6.45, 7) is 0.795. The van der Waals surface area contributed by atoms with Gasteiger partial charge in [0.15, 0.2) is 11.5 Å². The van der Waals surface area contributed by atoms with Crippen molar-refractivity contribution in [1.29, 1.82) is 0 Å². The maximum atomic E-state index is 11.0. The molecule has 2 fully saturated rings. The molecule has 1 aromatic carbocycles. The molecule has 0 bridgehead atoms. The maximum absolute atomic E-state index is 11.0. The maximum Gasteiger partial charge on any atom is 0.200 e. The van der Waals surface area contributed by atoms with Gasteiger partial charge in [-0.3, -0.25) is 0 Å². The number of methoxy groups -OCH3 is 2. The number of ether oxygens (including phenoxy) is 2. The molecule has 1 saturated carbocycles. The van der Waals surface area contributed by atoms with E-state index in [1.165, 1.54) is 14.2 Å². The van der Waals surface area contributed by atoms with Crippen molar-refractivity contribution in [3.63, 3.8) is 0 Å². The molecule has 0 radical (unpaired) electrons. The number of phenolic OH excluding ortho intramolecular Hbond substituents is 1. The Morgan fingerprint density at radius 2 is 1.82 bits per heavy atom. The van der Waals surface area contributed by atoms with Gasteiger partial charge in [0.25, 0.3) is 0 Å². The van der Waals surface area contributed by atoms with Crippen molar-refractivity contribution < 1.29 is 19.7 Å². The van der Waals surface area contributed by atoms with Crippen LogP contribution < -0.4 is 14.8 Å². The lowest BCUT2D eigenvalue weighted by Gasteiger charge is -2.48. The predicted octanol–water partition coefficient (Wildman–Crippen LogP) is 2.37. The average molecular weight is 307 g/mol. The van der Waals surface area contributed by atoms with Gasteiger partial charge in [-0.1, -0.05) is 12.8 Å². The minimum atomic E-state index is -0.577. The minimum absolute atomic E-state index is 0.0171. The number of hydrogen-bond acceptors (Lipinski definition) is 5. The molecule has 1 aromatic rings. The molecular formula is C17H25NO4. The second-order valence-electron chi connectivity index (χ2n) is 6.41. The first-order valence-electron chi connectivity index (χ1n) is 7.99. The summed E-state index contributed by atoms with van der Waals surface area (Å²) in [4.78, 5) is 0. The van der Waals surface area contributed by atoms with Crippen molar-refractivity contribution in [3.05, 3.63) is 17.7 Å². The molecule has 0 amide bonds. The molecule has 1 aliphatic carbocycles. The average Bonchev–Trinajstić information content (AvgIpc) is 2.54. The third kappa shape index (κ3) is 2.52. The van der Waals surface area contributed by atoms with E-state index in [4.69, 9.17) is 9.47 Å². The lowest BCUT2D eigenvalue weighted by molar-refractivity contribution is -0.0861. The summed E-state index contributed by atoms with van der Waals surface area (Å²) in [6, 6.07) is 3.74. The summed E-state index contributed by atoms with van der Waals surface area (Å²) in [6.07, 6.45) is 4.95. The normalized spacial score (nSPS) is 31.4. The number of phenols is 1. The van der Waals surface area contributed by atoms with Gasteiger partial charge in [-0.25, -0.2) is 0 Å². The first-order valence-corrected chi connectivity index (χ1v) is 7.99. The van der Waals surface area contributed by atoms with Crippen molar-refractivity contribution in [2.45, 2.75) is 43.7 Å². The van der Waals surface area contributed by atoms with E-state index in [1.54, 1.807) is 0 Å². The van der Waals surface area contributed by atoms with Crippen LogP contribution in [-0.2, 0) is 0 Å². The zero-order valence-corrected chi connectivity index (χ0v) is 13.3. The van der Waals surface area contributed by atoms with Crippen molar-refractivity contribution in [1.82, 2.24) is 5.32 Å². The molecule has 0 unspecified atom stereocenters. The first-order chi connectivity index (χ1) is 10.6. The van der Waals surface area contributed by atoms with Crippen molar-refractivity contribution in [3.8, 4) is 17.2 Å². The molecule has 5 heteroatoms. The quantitative estimate of drug-likeness (QED) is 0.800. The molecule has 0 aromatic heterocycles. The van der Waals surface area contributed by atoms with Gasteiger partial charge in [0, 0.05) is 12.0 Å². The second kappa shape index (κ2) is 5.97. The largest absolute Gasteiger partial charge is 0.502 e. The molecule has 1 aliphatic heterocycles. The van der Waals surface area contributed by atoms with Crippen LogP contribution in [0.2, 0.25) is 0 Å². The fourth-order valence-electron chi connectivity index (χ4n) is 4.07. The Kier molecular flexibility index (Phi) is 4.19. The molecule has 1 heterocycles. The van der Waals surface area contributed by atoms with E-state index in [1.807, 2.05) is 12.1 Å². The van der Waals surface area contributed by atoms with Gasteiger partial charge in [-0.05, 0) is 43.5 Å². The second-order valence-corrected chi connectivity index (χ2v) is 6.41. The monoisotopic (exact) mass is 307 g/mol. The fourth-order valence-corrected chi connectivity index (χ4v) is 4.07. The van der Waals surface area contributed by atoms with Crippen LogP contribution in [-0.4, -0.2) is 36.6 Å². The van der Waals surface area contributed by atoms with Gasteiger partial charge in [-0.15, -0.1) is 0 Å².